The number of nitrogens with zero attached hydrogens (tertiary/aromatic N) is 3. The summed E-state index contributed by atoms with van der Waals surface area (Å²) in [6.07, 6.45) is 13.1. The Morgan fingerprint density at radius 2 is 1.31 bits per heavy atom. The summed E-state index contributed by atoms with van der Waals surface area (Å²) in [4.78, 5) is 15.5. The molecule has 6 aromatic carbocycles. The average molecular weight is 670 g/mol. The summed E-state index contributed by atoms with van der Waals surface area (Å²) >= 11 is 0. The maximum atomic E-state index is 6.39. The summed E-state index contributed by atoms with van der Waals surface area (Å²) in [6.45, 7) is 0. The topological polar surface area (TPSA) is 61.0 Å². The molecule has 2 atom stereocenters. The number of hydrogen-bond acceptors (Lipinski definition) is 5. The fraction of sp³-hybridized carbons (Fsp3) is 0.0851. The molecule has 0 N–H and O–H groups in total. The third-order valence-electron chi connectivity index (χ3n) is 10.8. The van der Waals surface area contributed by atoms with Crippen LogP contribution in [0, 0.1) is 0 Å². The van der Waals surface area contributed by atoms with Crippen LogP contribution in [-0.4, -0.2) is 21.1 Å². The van der Waals surface area contributed by atoms with E-state index in [1.54, 1.807) is 0 Å². The van der Waals surface area contributed by atoms with Gasteiger partial charge in [0.15, 0.2) is 17.5 Å². The Morgan fingerprint density at radius 3 is 2.21 bits per heavy atom. The quantitative estimate of drug-likeness (QED) is 0.187. The molecule has 52 heavy (non-hydrogen) atoms. The lowest BCUT2D eigenvalue weighted by atomic mass is 9.79. The highest BCUT2D eigenvalue weighted by atomic mass is 16.5. The van der Waals surface area contributed by atoms with Crippen molar-refractivity contribution in [2.24, 2.45) is 0 Å². The van der Waals surface area contributed by atoms with E-state index in [9.17, 15) is 0 Å². The van der Waals surface area contributed by atoms with Crippen molar-refractivity contribution in [2.75, 3.05) is 0 Å². The van der Waals surface area contributed by atoms with Gasteiger partial charge in [-0.3, -0.25) is 0 Å². The molecule has 0 saturated heterocycles. The average Bonchev–Trinajstić information content (AvgIpc) is 3.78. The number of rotatable bonds is 4. The number of ether oxygens (including phenoxy) is 1. The van der Waals surface area contributed by atoms with Crippen molar-refractivity contribution in [1.29, 1.82) is 0 Å². The van der Waals surface area contributed by atoms with Gasteiger partial charge in [0, 0.05) is 33.0 Å². The van der Waals surface area contributed by atoms with Gasteiger partial charge in [0.25, 0.3) is 0 Å². The second-order valence-electron chi connectivity index (χ2n) is 13.8. The molecule has 11 rings (SSSR count). The van der Waals surface area contributed by atoms with Gasteiger partial charge in [-0.2, -0.15) is 0 Å². The third kappa shape index (κ3) is 4.59. The molecule has 8 aromatic rings. The summed E-state index contributed by atoms with van der Waals surface area (Å²) in [7, 11) is 0. The molecule has 1 aliphatic heterocycles. The lowest BCUT2D eigenvalue weighted by molar-refractivity contribution is 0.271. The molecule has 0 bridgehead atoms. The first-order valence-electron chi connectivity index (χ1n) is 17.9. The summed E-state index contributed by atoms with van der Waals surface area (Å²) < 4.78 is 12.7. The molecule has 3 aliphatic rings. The lowest BCUT2D eigenvalue weighted by Gasteiger charge is -2.24. The van der Waals surface area contributed by atoms with Crippen molar-refractivity contribution in [3.8, 4) is 39.9 Å². The maximum absolute atomic E-state index is 6.39. The van der Waals surface area contributed by atoms with E-state index >= 15 is 0 Å². The zero-order valence-corrected chi connectivity index (χ0v) is 28.2. The van der Waals surface area contributed by atoms with Crippen LogP contribution >= 0.6 is 0 Å². The first-order valence-corrected chi connectivity index (χ1v) is 17.9. The van der Waals surface area contributed by atoms with E-state index in [1.165, 1.54) is 27.8 Å². The number of aromatic nitrogens is 3. The Bertz CT molecular complexity index is 2860. The Labute approximate surface area is 300 Å². The molecule has 2 aliphatic carbocycles. The van der Waals surface area contributed by atoms with Crippen molar-refractivity contribution < 1.29 is 9.15 Å². The molecule has 2 aromatic heterocycles. The highest BCUT2D eigenvalue weighted by Crippen LogP contribution is 2.49. The fourth-order valence-corrected chi connectivity index (χ4v) is 8.29. The van der Waals surface area contributed by atoms with Gasteiger partial charge in [-0.05, 0) is 88.4 Å². The summed E-state index contributed by atoms with van der Waals surface area (Å²) in [6, 6.07) is 42.4. The van der Waals surface area contributed by atoms with Crippen molar-refractivity contribution in [3.63, 3.8) is 0 Å². The molecule has 0 saturated carbocycles. The van der Waals surface area contributed by atoms with E-state index < -0.39 is 0 Å². The largest absolute Gasteiger partial charge is 0.485 e. The minimum Gasteiger partial charge on any atom is -0.485 e. The van der Waals surface area contributed by atoms with Crippen LogP contribution in [0.5, 0.6) is 5.75 Å². The molecule has 0 amide bonds. The zero-order chi connectivity index (χ0) is 34.2. The predicted octanol–water partition coefficient (Wildman–Crippen LogP) is 11.4. The van der Waals surface area contributed by atoms with Crippen molar-refractivity contribution in [1.82, 2.24) is 15.0 Å². The van der Waals surface area contributed by atoms with Crippen LogP contribution in [0.3, 0.4) is 0 Å². The third-order valence-corrected chi connectivity index (χ3v) is 10.8. The molecule has 3 heterocycles. The first-order chi connectivity index (χ1) is 25.7. The second-order valence-corrected chi connectivity index (χ2v) is 13.8. The molecule has 5 nitrogen and oxygen atoms in total. The van der Waals surface area contributed by atoms with Crippen LogP contribution in [0.15, 0.2) is 150 Å². The number of hydrogen-bond donors (Lipinski definition) is 0. The molecule has 0 fully saturated rings. The van der Waals surface area contributed by atoms with E-state index in [2.05, 4.69) is 127 Å². The van der Waals surface area contributed by atoms with Gasteiger partial charge >= 0.3 is 0 Å². The van der Waals surface area contributed by atoms with Gasteiger partial charge in [0.2, 0.25) is 0 Å². The zero-order valence-electron chi connectivity index (χ0n) is 28.2. The Kier molecular flexibility index (Phi) is 6.44. The van der Waals surface area contributed by atoms with Gasteiger partial charge in [-0.25, -0.2) is 15.0 Å². The van der Waals surface area contributed by atoms with E-state index in [0.717, 1.165) is 68.0 Å². The number of furan rings is 1. The first kappa shape index (κ1) is 29.2. The van der Waals surface area contributed by atoms with E-state index in [4.69, 9.17) is 24.1 Å². The molecular weight excluding hydrogens is 639 g/mol. The van der Waals surface area contributed by atoms with Crippen LogP contribution < -0.4 is 4.74 Å². The van der Waals surface area contributed by atoms with Gasteiger partial charge < -0.3 is 9.15 Å². The van der Waals surface area contributed by atoms with E-state index in [1.807, 2.05) is 24.3 Å². The van der Waals surface area contributed by atoms with Gasteiger partial charge in [-0.15, -0.1) is 0 Å². The van der Waals surface area contributed by atoms with E-state index in [0.29, 0.717) is 17.5 Å². The Hall–Kier alpha value is -6.59. The molecule has 2 unspecified atom stereocenters. The number of aryl methyl sites for hydroxylation is 1. The molecule has 0 radical (unpaired) electrons. The van der Waals surface area contributed by atoms with E-state index in [-0.39, 0.29) is 12.0 Å². The molecule has 246 valence electrons. The standard InChI is InChI=1S/C47H31N3O2/c1-2-11-29-26-30(21-20-28(29)10-1)45-48-46(31-22-23-36-35-14-5-7-17-40(35)52-43(36)27-31)50-47(49-45)38-25-24-34(32-12-3-4-13-33(32)38)37-16-9-19-42-44(37)39-15-6-8-18-41(39)51-42/h2-9,11-27,42,44H,1,10H2. The Morgan fingerprint density at radius 1 is 0.596 bits per heavy atom. The fourth-order valence-electron chi connectivity index (χ4n) is 8.29. The van der Waals surface area contributed by atoms with Crippen LogP contribution in [-0.2, 0) is 6.42 Å². The van der Waals surface area contributed by atoms with Crippen LogP contribution in [0.25, 0.3) is 78.5 Å². The number of benzene rings is 6. The molecule has 5 heteroatoms. The van der Waals surface area contributed by atoms with Gasteiger partial charge in [0.1, 0.15) is 23.0 Å². The van der Waals surface area contributed by atoms with Gasteiger partial charge in [-0.1, -0.05) is 109 Å². The van der Waals surface area contributed by atoms with Crippen LogP contribution in [0.1, 0.15) is 34.6 Å². The SMILES string of the molecule is C1=CC2Oc3ccccc3C2C(c2ccc(-c3nc(-c4ccc5c(c4)C=CCC5)nc(-c4ccc5c(c4)oc4ccccc45)n3)c3ccccc23)=C1. The number of allylic oxidation sites excluding steroid dienone is 3. The summed E-state index contributed by atoms with van der Waals surface area (Å²) in [5, 5.41) is 4.40. The summed E-state index contributed by atoms with van der Waals surface area (Å²) in [5.41, 5.74) is 10.7. The molecule has 0 spiro atoms. The van der Waals surface area contributed by atoms with Crippen molar-refractivity contribution in [2.45, 2.75) is 24.9 Å². The monoisotopic (exact) mass is 669 g/mol. The van der Waals surface area contributed by atoms with Gasteiger partial charge in [0.05, 0.1) is 5.92 Å². The molecular formula is C47H31N3O2. The van der Waals surface area contributed by atoms with Crippen molar-refractivity contribution in [3.05, 3.63) is 168 Å². The minimum absolute atomic E-state index is 0.0277. The maximum Gasteiger partial charge on any atom is 0.164 e. The Balaban J connectivity index is 1.09. The van der Waals surface area contributed by atoms with Crippen LogP contribution in [0.4, 0.5) is 0 Å². The smallest absolute Gasteiger partial charge is 0.164 e. The highest BCUT2D eigenvalue weighted by Gasteiger charge is 2.37. The van der Waals surface area contributed by atoms with Crippen molar-refractivity contribution >= 4 is 44.4 Å². The highest BCUT2D eigenvalue weighted by molar-refractivity contribution is 6.06. The second kappa shape index (κ2) is 11.5. The summed E-state index contributed by atoms with van der Waals surface area (Å²) in [5.74, 6) is 2.95. The predicted molar refractivity (Wildman–Crippen MR) is 209 cm³/mol. The minimum atomic E-state index is -0.0277. The number of fused-ring (bicyclic) bond motifs is 8. The van der Waals surface area contributed by atoms with Crippen LogP contribution in [0.2, 0.25) is 0 Å². The number of para-hydroxylation sites is 2. The normalized spacial score (nSPS) is 17.2. The lowest BCUT2D eigenvalue weighted by Crippen LogP contribution is -2.19.